The van der Waals surface area contributed by atoms with E-state index >= 15 is 0 Å². The first-order valence-corrected chi connectivity index (χ1v) is 6.90. The Hall–Kier alpha value is -2.33. The lowest BCUT2D eigenvalue weighted by atomic mass is 10.1. The van der Waals surface area contributed by atoms with E-state index in [1.165, 1.54) is 0 Å². The minimum atomic E-state index is -0.316. The molecule has 0 spiro atoms. The van der Waals surface area contributed by atoms with Gasteiger partial charge in [-0.2, -0.15) is 0 Å². The summed E-state index contributed by atoms with van der Waals surface area (Å²) in [6.07, 6.45) is 0. The Balaban J connectivity index is 2.28. The Bertz CT molecular complexity index is 653. The van der Waals surface area contributed by atoms with Crippen LogP contribution in [0.4, 0.5) is 5.69 Å². The fourth-order valence-electron chi connectivity index (χ4n) is 2.17. The molecule has 1 unspecified atom stereocenters. The van der Waals surface area contributed by atoms with Crippen LogP contribution in [0.15, 0.2) is 42.5 Å². The zero-order valence-electron chi connectivity index (χ0n) is 12.5. The van der Waals surface area contributed by atoms with Crippen LogP contribution in [0.1, 0.15) is 34.5 Å². The molecular formula is C17H20N2O2. The normalized spacial score (nSPS) is 12.0. The number of hydrogen-bond donors (Lipinski definition) is 3. The minimum Gasteiger partial charge on any atom is -0.507 e. The van der Waals surface area contributed by atoms with Crippen molar-refractivity contribution in [3.05, 3.63) is 59.2 Å². The topological polar surface area (TPSA) is 61.4 Å². The summed E-state index contributed by atoms with van der Waals surface area (Å²) >= 11 is 0. The zero-order valence-corrected chi connectivity index (χ0v) is 12.5. The summed E-state index contributed by atoms with van der Waals surface area (Å²) in [4.78, 5) is 12.3. The number of carbonyl (C=O) groups excluding carboxylic acids is 1. The van der Waals surface area contributed by atoms with Gasteiger partial charge in [-0.1, -0.05) is 24.3 Å². The van der Waals surface area contributed by atoms with Crippen LogP contribution in [0.2, 0.25) is 0 Å². The molecule has 21 heavy (non-hydrogen) atoms. The number of phenols is 1. The highest BCUT2D eigenvalue weighted by Gasteiger charge is 2.14. The fraction of sp³-hybridized carbons (Fsp3) is 0.235. The molecule has 0 saturated heterocycles. The van der Waals surface area contributed by atoms with Crippen LogP contribution in [-0.2, 0) is 0 Å². The Labute approximate surface area is 124 Å². The lowest BCUT2D eigenvalue weighted by Crippen LogP contribution is -2.18. The van der Waals surface area contributed by atoms with E-state index < -0.39 is 0 Å². The molecule has 1 atom stereocenters. The van der Waals surface area contributed by atoms with Crippen molar-refractivity contribution in [2.24, 2.45) is 0 Å². The van der Waals surface area contributed by atoms with Crippen molar-refractivity contribution in [2.45, 2.75) is 19.9 Å². The van der Waals surface area contributed by atoms with Crippen LogP contribution in [0.3, 0.4) is 0 Å². The molecule has 3 N–H and O–H groups in total. The number of rotatable bonds is 4. The summed E-state index contributed by atoms with van der Waals surface area (Å²) < 4.78 is 0. The molecule has 0 aliphatic carbocycles. The molecule has 4 nitrogen and oxygen atoms in total. The largest absolute Gasteiger partial charge is 0.507 e. The molecule has 2 aromatic carbocycles. The van der Waals surface area contributed by atoms with E-state index in [1.54, 1.807) is 18.2 Å². The van der Waals surface area contributed by atoms with Crippen LogP contribution >= 0.6 is 0 Å². The molecule has 0 saturated carbocycles. The molecule has 0 aromatic heterocycles. The highest BCUT2D eigenvalue weighted by atomic mass is 16.3. The summed E-state index contributed by atoms with van der Waals surface area (Å²) in [6, 6.07) is 12.8. The highest BCUT2D eigenvalue weighted by Crippen LogP contribution is 2.24. The average molecular weight is 284 g/mol. The Morgan fingerprint density at radius 1 is 1.19 bits per heavy atom. The first kappa shape index (κ1) is 15.1. The van der Waals surface area contributed by atoms with Crippen molar-refractivity contribution in [3.8, 4) is 5.75 Å². The zero-order chi connectivity index (χ0) is 15.4. The lowest BCUT2D eigenvalue weighted by molar-refractivity contribution is 0.102. The van der Waals surface area contributed by atoms with E-state index in [2.05, 4.69) is 10.6 Å². The van der Waals surface area contributed by atoms with Crippen LogP contribution in [0.25, 0.3) is 0 Å². The van der Waals surface area contributed by atoms with Crippen molar-refractivity contribution < 1.29 is 9.90 Å². The average Bonchev–Trinajstić information content (AvgIpc) is 2.46. The number of phenolic OH excluding ortho intramolecular Hbond substituents is 1. The van der Waals surface area contributed by atoms with Crippen molar-refractivity contribution in [2.75, 3.05) is 12.4 Å². The van der Waals surface area contributed by atoms with E-state index in [9.17, 15) is 9.90 Å². The summed E-state index contributed by atoms with van der Waals surface area (Å²) in [6.45, 7) is 3.89. The molecule has 0 heterocycles. The van der Waals surface area contributed by atoms with Gasteiger partial charge in [-0.15, -0.1) is 0 Å². The van der Waals surface area contributed by atoms with E-state index in [0.29, 0.717) is 0 Å². The van der Waals surface area contributed by atoms with Gasteiger partial charge in [-0.25, -0.2) is 0 Å². The summed E-state index contributed by atoms with van der Waals surface area (Å²) in [7, 11) is 1.87. The standard InChI is InChI=1S/C17H20N2O2/c1-11-8-9-14(16(20)10-11)17(21)19-15-7-5-4-6-13(15)12(2)18-3/h4-10,12,18,20H,1-3H3,(H,19,21). The van der Waals surface area contributed by atoms with Gasteiger partial charge in [0, 0.05) is 11.7 Å². The molecule has 0 fully saturated rings. The second-order valence-corrected chi connectivity index (χ2v) is 5.07. The summed E-state index contributed by atoms with van der Waals surface area (Å²) in [5.41, 5.74) is 2.92. The van der Waals surface area contributed by atoms with Gasteiger partial charge < -0.3 is 15.7 Å². The molecule has 4 heteroatoms. The number of para-hydroxylation sites is 1. The third-order valence-corrected chi connectivity index (χ3v) is 3.51. The maximum absolute atomic E-state index is 12.3. The number of benzene rings is 2. The molecule has 110 valence electrons. The number of amides is 1. The van der Waals surface area contributed by atoms with Crippen molar-refractivity contribution >= 4 is 11.6 Å². The van der Waals surface area contributed by atoms with E-state index in [0.717, 1.165) is 16.8 Å². The summed E-state index contributed by atoms with van der Waals surface area (Å²) in [5, 5.41) is 15.9. The second kappa shape index (κ2) is 6.41. The van der Waals surface area contributed by atoms with Gasteiger partial charge >= 0.3 is 0 Å². The molecule has 0 bridgehead atoms. The molecule has 0 radical (unpaired) electrons. The number of anilines is 1. The number of hydrogen-bond acceptors (Lipinski definition) is 3. The first-order chi connectivity index (χ1) is 10.0. The number of aryl methyl sites for hydroxylation is 1. The van der Waals surface area contributed by atoms with Crippen molar-refractivity contribution in [1.29, 1.82) is 0 Å². The molecular weight excluding hydrogens is 264 g/mol. The van der Waals surface area contributed by atoms with Crippen molar-refractivity contribution in [1.82, 2.24) is 5.32 Å². The maximum atomic E-state index is 12.3. The Morgan fingerprint density at radius 2 is 1.90 bits per heavy atom. The second-order valence-electron chi connectivity index (χ2n) is 5.07. The van der Waals surface area contributed by atoms with Gasteiger partial charge in [0.05, 0.1) is 5.56 Å². The minimum absolute atomic E-state index is 0.00774. The summed E-state index contributed by atoms with van der Waals surface area (Å²) in [5.74, 6) is -0.324. The number of aromatic hydroxyl groups is 1. The van der Waals surface area contributed by atoms with E-state index in [-0.39, 0.29) is 23.3 Å². The van der Waals surface area contributed by atoms with Crippen LogP contribution < -0.4 is 10.6 Å². The van der Waals surface area contributed by atoms with Gasteiger partial charge in [0.2, 0.25) is 0 Å². The third-order valence-electron chi connectivity index (χ3n) is 3.51. The smallest absolute Gasteiger partial charge is 0.259 e. The van der Waals surface area contributed by atoms with E-state index in [4.69, 9.17) is 0 Å². The molecule has 0 aliphatic heterocycles. The molecule has 2 aromatic rings. The Kier molecular flexibility index (Phi) is 4.60. The van der Waals surface area contributed by atoms with E-state index in [1.807, 2.05) is 45.2 Å². The number of nitrogens with one attached hydrogen (secondary N) is 2. The monoisotopic (exact) mass is 284 g/mol. The lowest BCUT2D eigenvalue weighted by Gasteiger charge is -2.16. The fourth-order valence-corrected chi connectivity index (χ4v) is 2.17. The quantitative estimate of drug-likeness (QED) is 0.807. The van der Waals surface area contributed by atoms with Gasteiger partial charge in [-0.05, 0) is 50.2 Å². The van der Waals surface area contributed by atoms with Crippen LogP contribution in [0, 0.1) is 6.92 Å². The van der Waals surface area contributed by atoms with Crippen LogP contribution in [-0.4, -0.2) is 18.1 Å². The Morgan fingerprint density at radius 3 is 2.57 bits per heavy atom. The predicted octanol–water partition coefficient (Wildman–Crippen LogP) is 3.23. The van der Waals surface area contributed by atoms with Gasteiger partial charge in [0.1, 0.15) is 5.75 Å². The van der Waals surface area contributed by atoms with Crippen LogP contribution in [0.5, 0.6) is 5.75 Å². The van der Waals surface area contributed by atoms with Gasteiger partial charge in [0.15, 0.2) is 0 Å². The molecule has 0 aliphatic rings. The third kappa shape index (κ3) is 3.41. The first-order valence-electron chi connectivity index (χ1n) is 6.90. The SMILES string of the molecule is CNC(C)c1ccccc1NC(=O)c1ccc(C)cc1O. The predicted molar refractivity (Wildman–Crippen MR) is 84.7 cm³/mol. The molecule has 1 amide bonds. The molecule has 2 rings (SSSR count). The highest BCUT2D eigenvalue weighted by molar-refractivity contribution is 6.06. The van der Waals surface area contributed by atoms with Crippen molar-refractivity contribution in [3.63, 3.8) is 0 Å². The van der Waals surface area contributed by atoms with Gasteiger partial charge in [-0.3, -0.25) is 4.79 Å². The number of carbonyl (C=O) groups is 1. The maximum Gasteiger partial charge on any atom is 0.259 e. The van der Waals surface area contributed by atoms with Gasteiger partial charge in [0.25, 0.3) is 5.91 Å².